The molecule has 0 saturated carbocycles. The van der Waals surface area contributed by atoms with Crippen LogP contribution in [0.4, 0.5) is 5.69 Å². The van der Waals surface area contributed by atoms with Gasteiger partial charge in [0.15, 0.2) is 0 Å². The van der Waals surface area contributed by atoms with E-state index in [1.165, 1.54) is 18.0 Å². The average molecular weight is 410 g/mol. The first-order valence-electron chi connectivity index (χ1n) is 9.57. The summed E-state index contributed by atoms with van der Waals surface area (Å²) in [7, 11) is 3.11. The Morgan fingerprint density at radius 1 is 1.10 bits per heavy atom. The number of carbonyl (C=O) groups excluding carboxylic acids is 3. The molecule has 158 valence electrons. The molecule has 2 aromatic carbocycles. The van der Waals surface area contributed by atoms with Gasteiger partial charge in [0.25, 0.3) is 0 Å². The molecule has 0 spiro atoms. The van der Waals surface area contributed by atoms with Gasteiger partial charge in [0.05, 0.1) is 25.8 Å². The molecule has 0 aliphatic heterocycles. The maximum absolute atomic E-state index is 12.3. The molecule has 0 bridgehead atoms. The number of nitrogens with zero attached hydrogens (tertiary/aromatic N) is 1. The molecule has 7 heteroatoms. The number of anilines is 1. The number of methoxy groups -OCH3 is 1. The number of rotatable bonds is 9. The third kappa shape index (κ3) is 7.09. The minimum Gasteiger partial charge on any atom is -0.497 e. The van der Waals surface area contributed by atoms with Crippen LogP contribution in [0.25, 0.3) is 6.08 Å². The fourth-order valence-electron chi connectivity index (χ4n) is 2.54. The number of esters is 1. The van der Waals surface area contributed by atoms with E-state index in [0.717, 1.165) is 12.0 Å². The van der Waals surface area contributed by atoms with Crippen molar-refractivity contribution < 1.29 is 23.9 Å². The summed E-state index contributed by atoms with van der Waals surface area (Å²) in [5.41, 5.74) is 1.62. The molecule has 30 heavy (non-hydrogen) atoms. The van der Waals surface area contributed by atoms with Gasteiger partial charge in [0.2, 0.25) is 11.8 Å². The lowest BCUT2D eigenvalue weighted by Crippen LogP contribution is -2.33. The zero-order valence-corrected chi connectivity index (χ0v) is 17.4. The summed E-state index contributed by atoms with van der Waals surface area (Å²) >= 11 is 0. The van der Waals surface area contributed by atoms with Gasteiger partial charge in [-0.25, -0.2) is 4.79 Å². The van der Waals surface area contributed by atoms with E-state index >= 15 is 0 Å². The molecule has 0 heterocycles. The SMILES string of the molecule is CCCOC(=O)c1cccc(NC(=O)CN(C)C(=O)/C=C/c2cccc(OC)c2)c1. The van der Waals surface area contributed by atoms with Gasteiger partial charge in [0, 0.05) is 18.8 Å². The van der Waals surface area contributed by atoms with E-state index in [9.17, 15) is 14.4 Å². The van der Waals surface area contributed by atoms with Crippen LogP contribution in [-0.4, -0.2) is 50.0 Å². The van der Waals surface area contributed by atoms with Crippen LogP contribution in [0.15, 0.2) is 54.6 Å². The minimum absolute atomic E-state index is 0.133. The van der Waals surface area contributed by atoms with E-state index in [4.69, 9.17) is 9.47 Å². The van der Waals surface area contributed by atoms with Crippen LogP contribution in [0.5, 0.6) is 5.75 Å². The summed E-state index contributed by atoms with van der Waals surface area (Å²) in [6.07, 6.45) is 3.78. The minimum atomic E-state index is -0.442. The molecule has 0 unspecified atom stereocenters. The molecule has 1 N–H and O–H groups in total. The lowest BCUT2D eigenvalue weighted by atomic mass is 10.2. The van der Waals surface area contributed by atoms with Crippen molar-refractivity contribution in [2.45, 2.75) is 13.3 Å². The lowest BCUT2D eigenvalue weighted by molar-refractivity contribution is -0.129. The Kier molecular flexibility index (Phi) is 8.62. The summed E-state index contributed by atoms with van der Waals surface area (Å²) in [4.78, 5) is 37.8. The highest BCUT2D eigenvalue weighted by Crippen LogP contribution is 2.14. The number of nitrogens with one attached hydrogen (secondary N) is 1. The molecular weight excluding hydrogens is 384 g/mol. The molecule has 0 aromatic heterocycles. The predicted molar refractivity (Wildman–Crippen MR) is 115 cm³/mol. The second kappa shape index (κ2) is 11.4. The summed E-state index contributed by atoms with van der Waals surface area (Å²) in [5, 5.41) is 2.69. The van der Waals surface area contributed by atoms with Crippen molar-refractivity contribution in [3.05, 3.63) is 65.7 Å². The molecule has 0 saturated heterocycles. The summed E-state index contributed by atoms with van der Waals surface area (Å²) in [6.45, 7) is 2.12. The Morgan fingerprint density at radius 2 is 1.87 bits per heavy atom. The Hall–Kier alpha value is -3.61. The van der Waals surface area contributed by atoms with Gasteiger partial charge in [-0.05, 0) is 48.4 Å². The highest BCUT2D eigenvalue weighted by Gasteiger charge is 2.12. The third-order valence-corrected chi connectivity index (χ3v) is 4.09. The maximum atomic E-state index is 12.3. The molecule has 0 aliphatic carbocycles. The first kappa shape index (κ1) is 22.7. The van der Waals surface area contributed by atoms with Crippen LogP contribution in [0, 0.1) is 0 Å². The zero-order chi connectivity index (χ0) is 21.9. The van der Waals surface area contributed by atoms with Gasteiger partial charge < -0.3 is 19.7 Å². The van der Waals surface area contributed by atoms with Gasteiger partial charge in [-0.15, -0.1) is 0 Å². The standard InChI is InChI=1S/C23H26N2O5/c1-4-13-30-23(28)18-8-6-9-19(15-18)24-21(26)16-25(2)22(27)12-11-17-7-5-10-20(14-17)29-3/h5-12,14-15H,4,13,16H2,1-3H3,(H,24,26)/b12-11+. The van der Waals surface area contributed by atoms with Crippen LogP contribution in [0.1, 0.15) is 29.3 Å². The summed E-state index contributed by atoms with van der Waals surface area (Å²) in [5.74, 6) is -0.439. The van der Waals surface area contributed by atoms with Crippen molar-refractivity contribution in [2.24, 2.45) is 0 Å². The molecule has 0 atom stereocenters. The van der Waals surface area contributed by atoms with Gasteiger partial charge in [0.1, 0.15) is 5.75 Å². The van der Waals surface area contributed by atoms with E-state index in [2.05, 4.69) is 5.32 Å². The Morgan fingerprint density at radius 3 is 2.60 bits per heavy atom. The summed E-state index contributed by atoms with van der Waals surface area (Å²) < 4.78 is 10.2. The number of benzene rings is 2. The van der Waals surface area contributed by atoms with E-state index in [0.29, 0.717) is 23.6 Å². The predicted octanol–water partition coefficient (Wildman–Crippen LogP) is 3.37. The molecule has 0 aliphatic rings. The van der Waals surface area contributed by atoms with E-state index < -0.39 is 5.97 Å². The largest absolute Gasteiger partial charge is 0.497 e. The molecule has 0 radical (unpaired) electrons. The molecule has 2 rings (SSSR count). The number of amides is 2. The van der Waals surface area contributed by atoms with Crippen LogP contribution >= 0.6 is 0 Å². The quantitative estimate of drug-likeness (QED) is 0.506. The smallest absolute Gasteiger partial charge is 0.338 e. The molecule has 0 fully saturated rings. The lowest BCUT2D eigenvalue weighted by Gasteiger charge is -2.15. The highest BCUT2D eigenvalue weighted by molar-refractivity contribution is 5.98. The van der Waals surface area contributed by atoms with Gasteiger partial charge in [-0.3, -0.25) is 9.59 Å². The van der Waals surface area contributed by atoms with Gasteiger partial charge in [-0.1, -0.05) is 25.1 Å². The van der Waals surface area contributed by atoms with E-state index in [1.807, 2.05) is 25.1 Å². The summed E-state index contributed by atoms with van der Waals surface area (Å²) in [6, 6.07) is 13.8. The second-order valence-electron chi connectivity index (χ2n) is 6.57. The molecule has 2 amide bonds. The number of hydrogen-bond donors (Lipinski definition) is 1. The number of likely N-dealkylation sites (N-methyl/N-ethyl adjacent to an activating group) is 1. The van der Waals surface area contributed by atoms with Crippen molar-refractivity contribution >= 4 is 29.5 Å². The average Bonchev–Trinajstić information content (AvgIpc) is 2.75. The van der Waals surface area contributed by atoms with Crippen LogP contribution < -0.4 is 10.1 Å². The van der Waals surface area contributed by atoms with Crippen molar-refractivity contribution in [1.82, 2.24) is 4.90 Å². The molecule has 2 aromatic rings. The van der Waals surface area contributed by atoms with Crippen LogP contribution in [0.3, 0.4) is 0 Å². The maximum Gasteiger partial charge on any atom is 0.338 e. The van der Waals surface area contributed by atoms with E-state index in [1.54, 1.807) is 43.5 Å². The molecular formula is C23H26N2O5. The number of carbonyl (C=O) groups is 3. The second-order valence-corrected chi connectivity index (χ2v) is 6.57. The van der Waals surface area contributed by atoms with Crippen molar-refractivity contribution in [3.8, 4) is 5.75 Å². The highest BCUT2D eigenvalue weighted by atomic mass is 16.5. The van der Waals surface area contributed by atoms with Crippen LogP contribution in [0.2, 0.25) is 0 Å². The third-order valence-electron chi connectivity index (χ3n) is 4.09. The number of hydrogen-bond acceptors (Lipinski definition) is 5. The van der Waals surface area contributed by atoms with Gasteiger partial charge in [-0.2, -0.15) is 0 Å². The fraction of sp³-hybridized carbons (Fsp3) is 0.261. The fourth-order valence-corrected chi connectivity index (χ4v) is 2.54. The van der Waals surface area contributed by atoms with E-state index in [-0.39, 0.29) is 18.4 Å². The monoisotopic (exact) mass is 410 g/mol. The molecule has 7 nitrogen and oxygen atoms in total. The Bertz CT molecular complexity index is 923. The number of ether oxygens (including phenoxy) is 2. The van der Waals surface area contributed by atoms with Crippen molar-refractivity contribution in [1.29, 1.82) is 0 Å². The topological polar surface area (TPSA) is 84.9 Å². The normalized spacial score (nSPS) is 10.5. The Balaban J connectivity index is 1.91. The first-order chi connectivity index (χ1) is 14.4. The van der Waals surface area contributed by atoms with Gasteiger partial charge >= 0.3 is 5.97 Å². The van der Waals surface area contributed by atoms with Crippen molar-refractivity contribution in [2.75, 3.05) is 32.6 Å². The zero-order valence-electron chi connectivity index (χ0n) is 17.4. The Labute approximate surface area is 176 Å². The first-order valence-corrected chi connectivity index (χ1v) is 9.57. The van der Waals surface area contributed by atoms with Crippen molar-refractivity contribution in [3.63, 3.8) is 0 Å². The van der Waals surface area contributed by atoms with Crippen LogP contribution in [-0.2, 0) is 14.3 Å².